The molecule has 1 aliphatic heterocycles. The van der Waals surface area contributed by atoms with Crippen LogP contribution in [0.15, 0.2) is 140 Å². The molecule has 9 rings (SSSR count). The second kappa shape index (κ2) is 72.7. The summed E-state index contributed by atoms with van der Waals surface area (Å²) in [6, 6.07) is 34.1. The van der Waals surface area contributed by atoms with Gasteiger partial charge >= 0.3 is 72.5 Å². The third kappa shape index (κ3) is 51.0. The topological polar surface area (TPSA) is 429 Å². The Hall–Kier alpha value is -9.16. The van der Waals surface area contributed by atoms with Gasteiger partial charge in [0.05, 0.1) is 94.9 Å². The maximum atomic E-state index is 12.7. The first-order chi connectivity index (χ1) is 59.2. The molecule has 39 heteroatoms. The molecule has 9 heterocycles. The number of ether oxygens (including phenoxy) is 5. The van der Waals surface area contributed by atoms with Crippen LogP contribution in [-0.4, -0.2) is 215 Å². The van der Waals surface area contributed by atoms with Crippen molar-refractivity contribution in [1.82, 2.24) is 39.9 Å². The SMILES string of the molecule is CC(C#N)c1ccc(Cl)nc1.CC(C(=O)O)c1ccc(N(C)CCO)nc1.CC1CCN(c2nc(C(F)(F)F)ccc2CN)CC1.CCCCOC.COC(=O)C(C)c1ccc(N(C)CCO)nc1.COCCN(C)c1ccc(C(C)C#N)cn1.COCCN(C)c1ccc(C(C)C(=O)OC)cn1.ClCc1ccc(Cl)nc1.N#CCc1ccc(Cl)nc1.[C-]#N.[Li+].[Na+].[OH-]. The van der Waals surface area contributed by atoms with Gasteiger partial charge in [0.15, 0.2) is 0 Å². The summed E-state index contributed by atoms with van der Waals surface area (Å²) in [6.07, 6.45) is 11.9. The Labute approximate surface area is 800 Å². The summed E-state index contributed by atoms with van der Waals surface area (Å²) in [5.74, 6) is 1.96. The molecule has 684 valence electrons. The molecule has 0 radical (unpaired) electrons. The Balaban J connectivity index is -0.000000676. The number of likely N-dealkylation sites (N-methyl/N-ethyl adjacent to an activating group) is 4. The minimum Gasteiger partial charge on any atom is -0.870 e. The number of carbonyl (C=O) groups excluding carboxylic acids is 2. The number of nitriles is 3. The summed E-state index contributed by atoms with van der Waals surface area (Å²) in [5, 5.41) is 59.7. The number of carboxylic acid groups (broad SMARTS) is 1. The minimum atomic E-state index is -4.41. The maximum Gasteiger partial charge on any atom is 1.00 e. The zero-order valence-corrected chi connectivity index (χ0v) is 80.9. The van der Waals surface area contributed by atoms with Crippen molar-refractivity contribution in [3.05, 3.63) is 213 Å². The number of unbranched alkanes of at least 4 members (excludes halogenated alkanes) is 1. The van der Waals surface area contributed by atoms with Gasteiger partial charge in [0.25, 0.3) is 0 Å². The van der Waals surface area contributed by atoms with Gasteiger partial charge in [0.2, 0.25) is 0 Å². The van der Waals surface area contributed by atoms with E-state index in [-0.39, 0.29) is 109 Å². The number of pyridine rings is 8. The van der Waals surface area contributed by atoms with Crippen molar-refractivity contribution in [3.8, 4) is 18.2 Å². The van der Waals surface area contributed by atoms with Gasteiger partial charge in [0, 0.05) is 157 Å². The average molecular weight is 1850 g/mol. The van der Waals surface area contributed by atoms with Crippen LogP contribution in [0.25, 0.3) is 0 Å². The van der Waals surface area contributed by atoms with E-state index in [0.29, 0.717) is 76.9 Å². The van der Waals surface area contributed by atoms with Gasteiger partial charge in [-0.3, -0.25) is 14.4 Å². The fourth-order valence-electron chi connectivity index (χ4n) is 9.96. The van der Waals surface area contributed by atoms with Crippen molar-refractivity contribution < 1.29 is 120 Å². The van der Waals surface area contributed by atoms with Crippen molar-refractivity contribution in [1.29, 1.82) is 21.0 Å². The molecule has 30 nitrogen and oxygen atoms in total. The second-order valence-corrected chi connectivity index (χ2v) is 28.9. The van der Waals surface area contributed by atoms with E-state index in [1.165, 1.54) is 33.1 Å². The first-order valence-electron chi connectivity index (χ1n) is 39.2. The molecule has 1 saturated heterocycles. The molecule has 1 fully saturated rings. The fourth-order valence-corrected chi connectivity index (χ4v) is 10.5. The zero-order chi connectivity index (χ0) is 93.7. The van der Waals surface area contributed by atoms with Gasteiger partial charge in [0.1, 0.15) is 50.2 Å². The molecule has 5 atom stereocenters. The van der Waals surface area contributed by atoms with E-state index in [4.69, 9.17) is 114 Å². The van der Waals surface area contributed by atoms with E-state index in [1.807, 2.05) is 116 Å². The Bertz CT molecular complexity index is 4380. The maximum absolute atomic E-state index is 12.7. The Kier molecular flexibility index (Phi) is 71.1. The molecule has 0 bridgehead atoms. The van der Waals surface area contributed by atoms with Crippen LogP contribution in [0.1, 0.15) is 154 Å². The molecule has 127 heavy (non-hydrogen) atoms. The number of alkyl halides is 4. The molecule has 8 aromatic rings. The summed E-state index contributed by atoms with van der Waals surface area (Å²) < 4.78 is 62.3. The molecule has 8 aromatic heterocycles. The van der Waals surface area contributed by atoms with Gasteiger partial charge in [-0.05, 0) is 147 Å². The number of hydrogen-bond donors (Lipinski definition) is 4. The van der Waals surface area contributed by atoms with Crippen LogP contribution < -0.4 is 78.7 Å². The molecule has 5 unspecified atom stereocenters. The summed E-state index contributed by atoms with van der Waals surface area (Å²) in [4.78, 5) is 75.4. The number of piperidine rings is 1. The summed E-state index contributed by atoms with van der Waals surface area (Å²) >= 11 is 22.1. The molecule has 6 N–H and O–H groups in total. The number of aliphatic hydroxyl groups is 2. The summed E-state index contributed by atoms with van der Waals surface area (Å²) in [6.45, 7) is 24.6. The molecule has 0 aromatic carbocycles. The number of nitrogens with two attached hydrogens (primary N) is 1. The van der Waals surface area contributed by atoms with Gasteiger partial charge in [-0.2, -0.15) is 29.0 Å². The largest absolute Gasteiger partial charge is 1.00 e. The number of aliphatic carboxylic acids is 1. The zero-order valence-electron chi connectivity index (χ0n) is 75.9. The normalized spacial score (nSPS) is 11.9. The number of anilines is 5. The van der Waals surface area contributed by atoms with Crippen molar-refractivity contribution in [3.63, 3.8) is 0 Å². The fraction of sp³-hybridized carbons (Fsp3) is 0.466. The smallest absolute Gasteiger partial charge is 0.870 e. The second-order valence-electron chi connectivity index (χ2n) is 27.4. The molecule has 1 aliphatic rings. The van der Waals surface area contributed by atoms with Crippen LogP contribution in [0.4, 0.5) is 42.3 Å². The Morgan fingerprint density at radius 2 is 0.913 bits per heavy atom. The monoisotopic (exact) mass is 1850 g/mol. The molecule has 0 amide bonds. The molecule has 0 spiro atoms. The Morgan fingerprint density at radius 3 is 1.20 bits per heavy atom. The Morgan fingerprint density at radius 1 is 0.559 bits per heavy atom. The van der Waals surface area contributed by atoms with Crippen LogP contribution >= 0.6 is 46.4 Å². The van der Waals surface area contributed by atoms with E-state index in [1.54, 1.807) is 127 Å². The van der Waals surface area contributed by atoms with E-state index in [9.17, 15) is 27.6 Å². The number of halogens is 7. The van der Waals surface area contributed by atoms with Crippen molar-refractivity contribution in [2.45, 2.75) is 129 Å². The predicted molar refractivity (Wildman–Crippen MR) is 481 cm³/mol. The van der Waals surface area contributed by atoms with Crippen LogP contribution in [0, 0.1) is 51.7 Å². The van der Waals surface area contributed by atoms with Crippen LogP contribution in [0.5, 0.6) is 0 Å². The molecule has 0 aliphatic carbocycles. The number of nitrogens with zero attached hydrogens (tertiary/aromatic N) is 17. The predicted octanol–water partition coefficient (Wildman–Crippen LogP) is 9.51. The first kappa shape index (κ1) is 124. The number of methoxy groups -OCH3 is 5. The molecular weight excluding hydrogens is 1730 g/mol. The van der Waals surface area contributed by atoms with Crippen molar-refractivity contribution in [2.75, 3.05) is 161 Å². The number of rotatable bonds is 29. The van der Waals surface area contributed by atoms with Gasteiger partial charge in [-0.25, -0.2) is 39.9 Å². The van der Waals surface area contributed by atoms with Crippen LogP contribution in [-0.2, 0) is 63.1 Å². The number of carbonyl (C=O) groups is 3. The minimum absolute atomic E-state index is 0. The molecular formula is C88H119Cl4F3LiN18NaO12. The number of carboxylic acids is 1. The van der Waals surface area contributed by atoms with Gasteiger partial charge < -0.3 is 86.5 Å². The van der Waals surface area contributed by atoms with E-state index < -0.39 is 23.8 Å². The van der Waals surface area contributed by atoms with E-state index in [2.05, 4.69) is 70.6 Å². The number of aliphatic hydroxyl groups excluding tert-OH is 2. The van der Waals surface area contributed by atoms with E-state index >= 15 is 0 Å². The standard InChI is InChI=1S/C13H18F3N3.C13H20N2O3.C12H17N3O.C12H18N2O3.C11H16N2O3.C8H7ClN2.C7H5ClN2.C6H5Cl2N.C5H12O.CN.Li.Na.H2O/c1-9-4-6-19(7-5-9)12-10(8-17)2-3-11(18-12)13(14,15)16;1-10(13(16)18-4)11-5-6-12(14-9-11)15(2)7-8-17-3;1-10(8-13)11-4-5-12(14-9-11)15(2)6-7-16-3;1-9(12(16)17-3)10-4-5-11(13-8-10)14(2)6-7-15;1-8(11(15)16)9-3-4-10(12-7-9)13(2)5-6-14;1-6(4-10)7-2-3-8(9)11-5-7;8-7-2-1-6(3-4-9)5-10-7;7-3-5-1-2-6(8)9-4-5;1-3-4-5-6-2;1-2;;;/h2-3,9H,4-8,17H2,1H3;5-6,9-10H,7-8H2,1-4H3;4-5,9-10H,6-7H2,1-3H3;4-5,8-9,15H,6-7H2,1-3H3;3-4,7-8,14H,5-6H2,1-2H3,(H,15,16);2-3,5-6H,1H3;1-2,5H,3H2;1-2,4H,3H2;3-5H2,1-2H3;;;;1H2/q;;;;;;;;;-1;2*+1;/p-1. The first-order valence-corrected chi connectivity index (χ1v) is 40.9. The summed E-state index contributed by atoms with van der Waals surface area (Å²) in [7, 11) is 15.4. The van der Waals surface area contributed by atoms with Gasteiger partial charge in [-0.1, -0.05) is 104 Å². The van der Waals surface area contributed by atoms with Gasteiger partial charge in [-0.15, -0.1) is 11.6 Å². The summed E-state index contributed by atoms with van der Waals surface area (Å²) in [5.41, 5.74) is 11.5. The number of aromatic nitrogens is 8. The quantitative estimate of drug-likeness (QED) is 0.00846. The number of hydrogen-bond acceptors (Lipinski definition) is 29. The van der Waals surface area contributed by atoms with Crippen LogP contribution in [0.2, 0.25) is 15.5 Å². The van der Waals surface area contributed by atoms with E-state index in [0.717, 1.165) is 108 Å². The number of esters is 2. The van der Waals surface area contributed by atoms with Crippen molar-refractivity contribution in [2.24, 2.45) is 11.7 Å². The third-order valence-corrected chi connectivity index (χ3v) is 19.1. The molecule has 0 saturated carbocycles. The van der Waals surface area contributed by atoms with Crippen LogP contribution in [0.3, 0.4) is 0 Å². The average Bonchev–Trinajstić information content (AvgIpc) is 0.807. The third-order valence-electron chi connectivity index (χ3n) is 18.2. The van der Waals surface area contributed by atoms with Crippen molar-refractivity contribution >= 4 is 93.4 Å².